The lowest BCUT2D eigenvalue weighted by Gasteiger charge is -2.25. The van der Waals surface area contributed by atoms with E-state index in [0.717, 1.165) is 0 Å². The minimum atomic E-state index is -0.903. The Hall–Kier alpha value is -1.42. The minimum Gasteiger partial charge on any atom is -0.480 e. The van der Waals surface area contributed by atoms with Crippen LogP contribution in [0.25, 0.3) is 0 Å². The molecule has 100 valence electrons. The molecule has 0 aliphatic carbocycles. The molecule has 1 aromatic rings. The van der Waals surface area contributed by atoms with Crippen molar-refractivity contribution in [2.75, 3.05) is 0 Å². The highest BCUT2D eigenvalue weighted by molar-refractivity contribution is 5.73. The van der Waals surface area contributed by atoms with Gasteiger partial charge in [0, 0.05) is 11.6 Å². The van der Waals surface area contributed by atoms with Gasteiger partial charge in [-0.15, -0.1) is 0 Å². The third-order valence-electron chi connectivity index (χ3n) is 3.00. The number of carbonyl (C=O) groups is 1. The van der Waals surface area contributed by atoms with Gasteiger partial charge in [-0.1, -0.05) is 39.0 Å². The van der Waals surface area contributed by atoms with E-state index in [1.165, 1.54) is 6.07 Å². The van der Waals surface area contributed by atoms with E-state index in [2.05, 4.69) is 5.32 Å². The van der Waals surface area contributed by atoms with Gasteiger partial charge in [-0.2, -0.15) is 0 Å². The first kappa shape index (κ1) is 14.6. The average Bonchev–Trinajstić information content (AvgIpc) is 2.31. The maximum absolute atomic E-state index is 13.7. The van der Waals surface area contributed by atoms with Crippen molar-refractivity contribution in [1.29, 1.82) is 0 Å². The van der Waals surface area contributed by atoms with Crippen LogP contribution in [-0.2, 0) is 4.79 Å². The lowest BCUT2D eigenvalue weighted by molar-refractivity contribution is -0.140. The van der Waals surface area contributed by atoms with Crippen LogP contribution in [0.1, 0.15) is 38.8 Å². The van der Waals surface area contributed by atoms with E-state index in [1.807, 2.05) is 20.8 Å². The molecule has 0 aromatic heterocycles. The predicted molar refractivity (Wildman–Crippen MR) is 68.8 cm³/mol. The summed E-state index contributed by atoms with van der Waals surface area (Å²) in [5, 5.41) is 12.2. The fraction of sp³-hybridized carbons (Fsp3) is 0.500. The molecule has 0 saturated heterocycles. The second kappa shape index (κ2) is 6.50. The van der Waals surface area contributed by atoms with Gasteiger partial charge in [0.15, 0.2) is 0 Å². The quantitative estimate of drug-likeness (QED) is 0.819. The minimum absolute atomic E-state index is 0.0525. The highest BCUT2D eigenvalue weighted by Crippen LogP contribution is 2.21. The van der Waals surface area contributed by atoms with E-state index in [-0.39, 0.29) is 17.8 Å². The Morgan fingerprint density at radius 2 is 2.00 bits per heavy atom. The van der Waals surface area contributed by atoms with Crippen LogP contribution in [0.3, 0.4) is 0 Å². The molecule has 4 heteroatoms. The topological polar surface area (TPSA) is 49.3 Å². The molecule has 1 rings (SSSR count). The van der Waals surface area contributed by atoms with E-state index in [4.69, 9.17) is 5.11 Å². The molecule has 2 unspecified atom stereocenters. The molecule has 0 saturated carbocycles. The van der Waals surface area contributed by atoms with Gasteiger partial charge in [0.25, 0.3) is 0 Å². The molecular formula is C14H20FNO2. The number of hydrogen-bond acceptors (Lipinski definition) is 2. The summed E-state index contributed by atoms with van der Waals surface area (Å²) in [6.07, 6.45) is 0.636. The molecule has 0 aliphatic rings. The summed E-state index contributed by atoms with van der Waals surface area (Å²) in [5.41, 5.74) is 0.520. The number of hydrogen-bond donors (Lipinski definition) is 2. The number of aliphatic carboxylic acids is 1. The Morgan fingerprint density at radius 3 is 2.44 bits per heavy atom. The fourth-order valence-corrected chi connectivity index (χ4v) is 1.95. The van der Waals surface area contributed by atoms with Crippen LogP contribution < -0.4 is 5.32 Å². The van der Waals surface area contributed by atoms with Crippen molar-refractivity contribution in [3.63, 3.8) is 0 Å². The molecule has 0 amide bonds. The molecular weight excluding hydrogens is 233 g/mol. The van der Waals surface area contributed by atoms with Crippen LogP contribution >= 0.6 is 0 Å². The molecule has 0 heterocycles. The predicted octanol–water partition coefficient (Wildman–Crippen LogP) is 2.98. The maximum atomic E-state index is 13.7. The third-order valence-corrected chi connectivity index (χ3v) is 3.00. The van der Waals surface area contributed by atoms with Crippen LogP contribution in [0.15, 0.2) is 24.3 Å². The third kappa shape index (κ3) is 3.53. The molecule has 0 aliphatic heterocycles. The van der Waals surface area contributed by atoms with Crippen molar-refractivity contribution in [2.24, 2.45) is 5.92 Å². The smallest absolute Gasteiger partial charge is 0.320 e. The first-order valence-electron chi connectivity index (χ1n) is 6.20. The van der Waals surface area contributed by atoms with Crippen molar-refractivity contribution in [3.8, 4) is 0 Å². The van der Waals surface area contributed by atoms with E-state index >= 15 is 0 Å². The number of nitrogens with one attached hydrogen (secondary N) is 1. The molecule has 2 atom stereocenters. The molecule has 0 bridgehead atoms. The zero-order chi connectivity index (χ0) is 13.7. The number of benzene rings is 1. The summed E-state index contributed by atoms with van der Waals surface area (Å²) in [6.45, 7) is 5.57. The standard InChI is InChI=1S/C14H20FNO2/c1-4-12(10-7-5-6-8-11(10)15)16-13(9(2)3)14(17)18/h5-9,12-13,16H,4H2,1-3H3,(H,17,18). The van der Waals surface area contributed by atoms with E-state index in [1.54, 1.807) is 18.2 Å². The zero-order valence-electron chi connectivity index (χ0n) is 11.0. The molecule has 0 radical (unpaired) electrons. The Balaban J connectivity index is 2.91. The SMILES string of the molecule is CCC(NC(C(=O)O)C(C)C)c1ccccc1F. The summed E-state index contributed by atoms with van der Waals surface area (Å²) in [4.78, 5) is 11.2. The van der Waals surface area contributed by atoms with Crippen molar-refractivity contribution in [3.05, 3.63) is 35.6 Å². The van der Waals surface area contributed by atoms with E-state index < -0.39 is 12.0 Å². The Labute approximate surface area is 107 Å². The highest BCUT2D eigenvalue weighted by atomic mass is 19.1. The second-order valence-corrected chi connectivity index (χ2v) is 4.71. The number of halogens is 1. The van der Waals surface area contributed by atoms with Crippen molar-refractivity contribution in [1.82, 2.24) is 5.32 Å². The molecule has 2 N–H and O–H groups in total. The fourth-order valence-electron chi connectivity index (χ4n) is 1.95. The van der Waals surface area contributed by atoms with Crippen molar-refractivity contribution >= 4 is 5.97 Å². The van der Waals surface area contributed by atoms with Crippen LogP contribution in [0.5, 0.6) is 0 Å². The van der Waals surface area contributed by atoms with Crippen LogP contribution in [0.2, 0.25) is 0 Å². The van der Waals surface area contributed by atoms with Gasteiger partial charge >= 0.3 is 5.97 Å². The van der Waals surface area contributed by atoms with Gasteiger partial charge in [0.2, 0.25) is 0 Å². The Kier molecular flexibility index (Phi) is 5.28. The average molecular weight is 253 g/mol. The number of rotatable bonds is 6. The largest absolute Gasteiger partial charge is 0.480 e. The summed E-state index contributed by atoms with van der Waals surface area (Å²) in [5.74, 6) is -1.26. The lowest BCUT2D eigenvalue weighted by Crippen LogP contribution is -2.43. The summed E-state index contributed by atoms with van der Waals surface area (Å²) >= 11 is 0. The number of carboxylic acid groups (broad SMARTS) is 1. The van der Waals surface area contributed by atoms with Gasteiger partial charge in [-0.05, 0) is 18.4 Å². The molecule has 3 nitrogen and oxygen atoms in total. The summed E-state index contributed by atoms with van der Waals surface area (Å²) in [6, 6.07) is 5.51. The monoisotopic (exact) mass is 253 g/mol. The lowest BCUT2D eigenvalue weighted by atomic mass is 9.98. The van der Waals surface area contributed by atoms with Crippen molar-refractivity contribution < 1.29 is 14.3 Å². The molecule has 0 fully saturated rings. The number of carboxylic acids is 1. The summed E-state index contributed by atoms with van der Waals surface area (Å²) in [7, 11) is 0. The van der Waals surface area contributed by atoms with Gasteiger partial charge in [-0.3, -0.25) is 10.1 Å². The zero-order valence-corrected chi connectivity index (χ0v) is 11.0. The van der Waals surface area contributed by atoms with Gasteiger partial charge in [0.1, 0.15) is 11.9 Å². The van der Waals surface area contributed by atoms with Crippen LogP contribution in [0.4, 0.5) is 4.39 Å². The molecule has 18 heavy (non-hydrogen) atoms. The highest BCUT2D eigenvalue weighted by Gasteiger charge is 2.25. The normalized spacial score (nSPS) is 14.5. The van der Waals surface area contributed by atoms with Crippen LogP contribution in [0, 0.1) is 11.7 Å². The van der Waals surface area contributed by atoms with Crippen LogP contribution in [-0.4, -0.2) is 17.1 Å². The first-order valence-corrected chi connectivity index (χ1v) is 6.20. The van der Waals surface area contributed by atoms with E-state index in [9.17, 15) is 9.18 Å². The van der Waals surface area contributed by atoms with Gasteiger partial charge < -0.3 is 5.11 Å². The summed E-state index contributed by atoms with van der Waals surface area (Å²) < 4.78 is 13.7. The van der Waals surface area contributed by atoms with Crippen molar-refractivity contribution in [2.45, 2.75) is 39.3 Å². The van der Waals surface area contributed by atoms with Gasteiger partial charge in [0.05, 0.1) is 0 Å². The molecule has 0 spiro atoms. The van der Waals surface area contributed by atoms with Gasteiger partial charge in [-0.25, -0.2) is 4.39 Å². The Bertz CT molecular complexity index is 407. The maximum Gasteiger partial charge on any atom is 0.320 e. The molecule has 1 aromatic carbocycles. The first-order chi connectivity index (χ1) is 8.47. The second-order valence-electron chi connectivity index (χ2n) is 4.71. The Morgan fingerprint density at radius 1 is 1.39 bits per heavy atom. The van der Waals surface area contributed by atoms with E-state index in [0.29, 0.717) is 12.0 Å².